The number of rotatable bonds is 5. The largest absolute Gasteiger partial charge is 0.465 e. The summed E-state index contributed by atoms with van der Waals surface area (Å²) in [6.45, 7) is 0.182. The van der Waals surface area contributed by atoms with Crippen LogP contribution in [0.25, 0.3) is 0 Å². The van der Waals surface area contributed by atoms with Crippen molar-refractivity contribution in [1.82, 2.24) is 4.31 Å². The first kappa shape index (κ1) is 22.2. The molecule has 1 saturated heterocycles. The summed E-state index contributed by atoms with van der Waals surface area (Å²) in [6, 6.07) is 10.1. The molecule has 0 aromatic heterocycles. The fourth-order valence-electron chi connectivity index (χ4n) is 3.30. The Kier molecular flexibility index (Phi) is 6.74. The highest BCUT2D eigenvalue weighted by atomic mass is 35.5. The van der Waals surface area contributed by atoms with Crippen LogP contribution in [-0.4, -0.2) is 44.8 Å². The molecule has 0 bridgehead atoms. The van der Waals surface area contributed by atoms with E-state index >= 15 is 0 Å². The number of esters is 1. The summed E-state index contributed by atoms with van der Waals surface area (Å²) < 4.78 is 46.0. The van der Waals surface area contributed by atoms with Gasteiger partial charge in [-0.2, -0.15) is 4.31 Å². The van der Waals surface area contributed by atoms with Crippen LogP contribution < -0.4 is 5.32 Å². The van der Waals surface area contributed by atoms with E-state index in [1.807, 2.05) is 0 Å². The SMILES string of the molecule is COC(=O)c1ccccc1S(=O)(=O)N1CCC(C(=O)Nc2cccc(Cl)c2F)CC1. The van der Waals surface area contributed by atoms with Gasteiger partial charge in [0.05, 0.1) is 28.3 Å². The Bertz CT molecular complexity index is 1070. The number of amides is 1. The van der Waals surface area contributed by atoms with Gasteiger partial charge >= 0.3 is 5.97 Å². The van der Waals surface area contributed by atoms with Crippen molar-refractivity contribution in [2.75, 3.05) is 25.5 Å². The van der Waals surface area contributed by atoms with Gasteiger partial charge in [0, 0.05) is 19.0 Å². The number of sulfonamides is 1. The van der Waals surface area contributed by atoms with Gasteiger partial charge in [-0.05, 0) is 37.1 Å². The van der Waals surface area contributed by atoms with Gasteiger partial charge < -0.3 is 10.1 Å². The number of piperidine rings is 1. The van der Waals surface area contributed by atoms with Crippen molar-refractivity contribution in [3.8, 4) is 0 Å². The van der Waals surface area contributed by atoms with Gasteiger partial charge in [0.2, 0.25) is 15.9 Å². The topological polar surface area (TPSA) is 92.8 Å². The lowest BCUT2D eigenvalue weighted by Gasteiger charge is -2.31. The van der Waals surface area contributed by atoms with E-state index in [-0.39, 0.29) is 47.1 Å². The maximum atomic E-state index is 14.0. The predicted octanol–water partition coefficient (Wildman–Crippen LogP) is 3.31. The zero-order valence-corrected chi connectivity index (χ0v) is 17.7. The Morgan fingerprint density at radius 3 is 2.47 bits per heavy atom. The number of nitrogens with zero attached hydrogens (tertiary/aromatic N) is 1. The number of nitrogens with one attached hydrogen (secondary N) is 1. The van der Waals surface area contributed by atoms with Gasteiger partial charge in [-0.15, -0.1) is 0 Å². The van der Waals surface area contributed by atoms with E-state index in [1.54, 1.807) is 6.07 Å². The molecule has 1 heterocycles. The highest BCUT2D eigenvalue weighted by Crippen LogP contribution is 2.28. The van der Waals surface area contributed by atoms with Crippen LogP contribution in [0.1, 0.15) is 23.2 Å². The van der Waals surface area contributed by atoms with Crippen molar-refractivity contribution in [2.45, 2.75) is 17.7 Å². The fraction of sp³-hybridized carbons (Fsp3) is 0.300. The van der Waals surface area contributed by atoms with E-state index < -0.39 is 33.6 Å². The Balaban J connectivity index is 1.70. The van der Waals surface area contributed by atoms with Gasteiger partial charge in [0.15, 0.2) is 5.82 Å². The van der Waals surface area contributed by atoms with Crippen LogP contribution in [0.15, 0.2) is 47.4 Å². The molecule has 7 nitrogen and oxygen atoms in total. The summed E-state index contributed by atoms with van der Waals surface area (Å²) in [5, 5.41) is 2.41. The van der Waals surface area contributed by atoms with Gasteiger partial charge in [-0.1, -0.05) is 29.8 Å². The Labute approximate surface area is 178 Å². The molecule has 10 heteroatoms. The number of hydrogen-bond acceptors (Lipinski definition) is 5. The summed E-state index contributed by atoms with van der Waals surface area (Å²) in [4.78, 5) is 24.3. The standard InChI is InChI=1S/C20H20ClFN2O5S/c1-29-20(26)14-5-2-3-8-17(14)30(27,28)24-11-9-13(10-12-24)19(25)23-16-7-4-6-15(21)18(16)22/h2-8,13H,9-12H2,1H3,(H,23,25). The first-order chi connectivity index (χ1) is 14.3. The molecule has 0 atom stereocenters. The molecular formula is C20H20ClFN2O5S. The molecule has 1 N–H and O–H groups in total. The van der Waals surface area contributed by atoms with Crippen molar-refractivity contribution < 1.29 is 27.1 Å². The molecule has 0 unspecified atom stereocenters. The van der Waals surface area contributed by atoms with Crippen LogP contribution in [0.5, 0.6) is 0 Å². The number of halogens is 2. The van der Waals surface area contributed by atoms with Crippen LogP contribution in [0.4, 0.5) is 10.1 Å². The van der Waals surface area contributed by atoms with Crippen LogP contribution in [0.3, 0.4) is 0 Å². The van der Waals surface area contributed by atoms with Crippen molar-refractivity contribution in [3.05, 3.63) is 58.9 Å². The third-order valence-corrected chi connectivity index (χ3v) is 7.19. The monoisotopic (exact) mass is 454 g/mol. The summed E-state index contributed by atoms with van der Waals surface area (Å²) in [6.07, 6.45) is 0.515. The number of methoxy groups -OCH3 is 1. The minimum absolute atomic E-state index is 0.0189. The zero-order chi connectivity index (χ0) is 21.9. The molecule has 0 aliphatic carbocycles. The number of ether oxygens (including phenoxy) is 1. The molecule has 3 rings (SSSR count). The first-order valence-electron chi connectivity index (χ1n) is 9.18. The van der Waals surface area contributed by atoms with Gasteiger partial charge in [-0.3, -0.25) is 4.79 Å². The second kappa shape index (κ2) is 9.11. The molecule has 0 radical (unpaired) electrons. The predicted molar refractivity (Wildman–Crippen MR) is 109 cm³/mol. The van der Waals surface area contributed by atoms with Crippen LogP contribution >= 0.6 is 11.6 Å². The van der Waals surface area contributed by atoms with E-state index in [0.717, 1.165) is 0 Å². The molecule has 160 valence electrons. The lowest BCUT2D eigenvalue weighted by atomic mass is 9.97. The van der Waals surface area contributed by atoms with Crippen LogP contribution in [0.2, 0.25) is 5.02 Å². The van der Waals surface area contributed by atoms with E-state index in [2.05, 4.69) is 10.1 Å². The summed E-state index contributed by atoms with van der Waals surface area (Å²) in [5.74, 6) is -2.34. The van der Waals surface area contributed by atoms with Gasteiger partial charge in [-0.25, -0.2) is 17.6 Å². The summed E-state index contributed by atoms with van der Waals surface area (Å²) >= 11 is 5.72. The molecule has 1 aliphatic rings. The Hall–Kier alpha value is -2.49. The molecule has 2 aromatic rings. The normalized spacial score (nSPS) is 15.6. The second-order valence-corrected chi connectivity index (χ2v) is 9.07. The van der Waals surface area contributed by atoms with Gasteiger partial charge in [0.25, 0.3) is 0 Å². The highest BCUT2D eigenvalue weighted by molar-refractivity contribution is 7.89. The average Bonchev–Trinajstić information content (AvgIpc) is 2.76. The van der Waals surface area contributed by atoms with Crippen molar-refractivity contribution in [2.24, 2.45) is 5.92 Å². The van der Waals surface area contributed by atoms with Crippen LogP contribution in [-0.2, 0) is 19.6 Å². The molecule has 1 fully saturated rings. The van der Waals surface area contributed by atoms with E-state index in [0.29, 0.717) is 0 Å². The Morgan fingerprint density at radius 2 is 1.80 bits per heavy atom. The molecular weight excluding hydrogens is 435 g/mol. The fourth-order valence-corrected chi connectivity index (χ4v) is 5.13. The number of benzene rings is 2. The Morgan fingerprint density at radius 1 is 1.13 bits per heavy atom. The highest BCUT2D eigenvalue weighted by Gasteiger charge is 2.34. The van der Waals surface area contributed by atoms with E-state index in [1.165, 1.54) is 47.8 Å². The lowest BCUT2D eigenvalue weighted by Crippen LogP contribution is -2.41. The van der Waals surface area contributed by atoms with E-state index in [4.69, 9.17) is 11.6 Å². The minimum atomic E-state index is -3.94. The second-order valence-electron chi connectivity index (χ2n) is 6.76. The summed E-state index contributed by atoms with van der Waals surface area (Å²) in [7, 11) is -2.77. The third kappa shape index (κ3) is 4.48. The lowest BCUT2D eigenvalue weighted by molar-refractivity contribution is -0.120. The number of anilines is 1. The molecule has 30 heavy (non-hydrogen) atoms. The molecule has 1 aliphatic heterocycles. The number of hydrogen-bond donors (Lipinski definition) is 1. The van der Waals surface area contributed by atoms with Crippen molar-refractivity contribution >= 4 is 39.2 Å². The summed E-state index contributed by atoms with van der Waals surface area (Å²) in [5.41, 5.74) is -0.0640. The molecule has 0 saturated carbocycles. The van der Waals surface area contributed by atoms with Crippen molar-refractivity contribution in [1.29, 1.82) is 0 Å². The number of carbonyl (C=O) groups excluding carboxylic acids is 2. The average molecular weight is 455 g/mol. The molecule has 0 spiro atoms. The van der Waals surface area contributed by atoms with E-state index in [9.17, 15) is 22.4 Å². The maximum absolute atomic E-state index is 14.0. The van der Waals surface area contributed by atoms with Crippen LogP contribution in [0, 0.1) is 11.7 Å². The zero-order valence-electron chi connectivity index (χ0n) is 16.1. The molecule has 2 aromatic carbocycles. The smallest absolute Gasteiger partial charge is 0.339 e. The quantitative estimate of drug-likeness (QED) is 0.700. The third-order valence-electron chi connectivity index (χ3n) is 4.94. The molecule has 1 amide bonds. The minimum Gasteiger partial charge on any atom is -0.465 e. The maximum Gasteiger partial charge on any atom is 0.339 e. The first-order valence-corrected chi connectivity index (χ1v) is 11.0. The number of carbonyl (C=O) groups is 2. The van der Waals surface area contributed by atoms with Gasteiger partial charge in [0.1, 0.15) is 0 Å². The van der Waals surface area contributed by atoms with Crippen molar-refractivity contribution in [3.63, 3.8) is 0 Å².